The molecule has 0 aromatic rings. The van der Waals surface area contributed by atoms with Crippen LogP contribution >= 0.6 is 0 Å². The van der Waals surface area contributed by atoms with Gasteiger partial charge in [-0.2, -0.15) is 0 Å². The number of nitrogens with zero attached hydrogens (tertiary/aromatic N) is 1. The van der Waals surface area contributed by atoms with Crippen LogP contribution in [0.5, 0.6) is 0 Å². The number of likely N-dealkylation sites (tertiary alicyclic amines) is 1. The number of hydrogen-bond donors (Lipinski definition) is 2. The average Bonchev–Trinajstić information content (AvgIpc) is 2.66. The van der Waals surface area contributed by atoms with Crippen molar-refractivity contribution in [2.24, 2.45) is 17.8 Å². The predicted octanol–water partition coefficient (Wildman–Crippen LogP) is 3.20. The second-order valence-electron chi connectivity index (χ2n) is 8.63. The molecule has 6 nitrogen and oxygen atoms in total. The number of carboxylic acid groups (broad SMARTS) is 1. The Morgan fingerprint density at radius 1 is 1.04 bits per heavy atom. The molecule has 1 aliphatic carbocycles. The maximum absolute atomic E-state index is 12.7. The van der Waals surface area contributed by atoms with Crippen LogP contribution in [-0.2, 0) is 14.4 Å². The molecule has 2 rings (SSSR count). The fourth-order valence-corrected chi connectivity index (χ4v) is 4.42. The molecule has 2 N–H and O–H groups in total. The third kappa shape index (κ3) is 7.15. The molecule has 1 saturated carbocycles. The molecular weight excluding hydrogens is 344 g/mol. The van der Waals surface area contributed by atoms with E-state index in [0.717, 1.165) is 6.42 Å². The van der Waals surface area contributed by atoms with Gasteiger partial charge >= 0.3 is 5.97 Å². The highest BCUT2D eigenvalue weighted by Crippen LogP contribution is 2.28. The summed E-state index contributed by atoms with van der Waals surface area (Å²) in [5.41, 5.74) is 0. The number of carbonyl (C=O) groups is 3. The summed E-state index contributed by atoms with van der Waals surface area (Å²) in [6, 6.07) is -0.0491. The highest BCUT2D eigenvalue weighted by Gasteiger charge is 2.30. The molecule has 0 spiro atoms. The van der Waals surface area contributed by atoms with Gasteiger partial charge in [-0.1, -0.05) is 46.0 Å². The zero-order chi connectivity index (χ0) is 19.8. The van der Waals surface area contributed by atoms with Gasteiger partial charge in [-0.25, -0.2) is 0 Å². The first-order valence-corrected chi connectivity index (χ1v) is 10.7. The third-order valence-electron chi connectivity index (χ3n) is 6.07. The van der Waals surface area contributed by atoms with E-state index < -0.39 is 5.97 Å². The normalized spacial score (nSPS) is 20.5. The van der Waals surface area contributed by atoms with Gasteiger partial charge in [0, 0.05) is 37.4 Å². The van der Waals surface area contributed by atoms with E-state index in [4.69, 9.17) is 5.11 Å². The molecule has 0 aromatic carbocycles. The first-order chi connectivity index (χ1) is 12.9. The lowest BCUT2D eigenvalue weighted by Gasteiger charge is -2.34. The van der Waals surface area contributed by atoms with E-state index in [1.165, 1.54) is 32.1 Å². The molecule has 1 saturated heterocycles. The van der Waals surface area contributed by atoms with E-state index in [1.807, 2.05) is 18.7 Å². The van der Waals surface area contributed by atoms with Gasteiger partial charge in [0.15, 0.2) is 0 Å². The Labute approximate surface area is 163 Å². The molecule has 1 heterocycles. The smallest absolute Gasteiger partial charge is 0.303 e. The van der Waals surface area contributed by atoms with E-state index in [0.29, 0.717) is 38.3 Å². The van der Waals surface area contributed by atoms with Crippen molar-refractivity contribution in [1.29, 1.82) is 0 Å². The van der Waals surface area contributed by atoms with Gasteiger partial charge < -0.3 is 15.3 Å². The standard InChI is InChI=1S/C21H36N2O4/c1-15(2)21(27)23-12-10-17(11-13-23)20(26)22-18(8-9-19(24)25)14-16-6-4-3-5-7-16/h15-18H,3-14H2,1-2H3,(H,22,26)(H,24,25). The Bertz CT molecular complexity index is 506. The Balaban J connectivity index is 1.84. The summed E-state index contributed by atoms with van der Waals surface area (Å²) in [5.74, 6) is -0.0868. The van der Waals surface area contributed by atoms with Crippen LogP contribution in [-0.4, -0.2) is 46.9 Å². The van der Waals surface area contributed by atoms with Crippen molar-refractivity contribution < 1.29 is 19.5 Å². The first-order valence-electron chi connectivity index (χ1n) is 10.7. The van der Waals surface area contributed by atoms with E-state index in [9.17, 15) is 14.4 Å². The number of carbonyl (C=O) groups excluding carboxylic acids is 2. The number of nitrogens with one attached hydrogen (secondary N) is 1. The van der Waals surface area contributed by atoms with Gasteiger partial charge in [0.05, 0.1) is 0 Å². The van der Waals surface area contributed by atoms with Crippen molar-refractivity contribution in [3.05, 3.63) is 0 Å². The number of aliphatic carboxylic acids is 1. The van der Waals surface area contributed by atoms with Crippen molar-refractivity contribution in [2.45, 2.75) is 84.1 Å². The molecule has 154 valence electrons. The van der Waals surface area contributed by atoms with Crippen LogP contribution in [0.15, 0.2) is 0 Å². The zero-order valence-corrected chi connectivity index (χ0v) is 16.9. The maximum atomic E-state index is 12.7. The van der Waals surface area contributed by atoms with Crippen LogP contribution in [0.4, 0.5) is 0 Å². The van der Waals surface area contributed by atoms with Gasteiger partial charge in [-0.05, 0) is 31.6 Å². The molecule has 27 heavy (non-hydrogen) atoms. The second-order valence-corrected chi connectivity index (χ2v) is 8.63. The summed E-state index contributed by atoms with van der Waals surface area (Å²) in [7, 11) is 0. The lowest BCUT2D eigenvalue weighted by atomic mass is 9.83. The van der Waals surface area contributed by atoms with E-state index in [-0.39, 0.29) is 36.1 Å². The summed E-state index contributed by atoms with van der Waals surface area (Å²) in [5, 5.41) is 12.2. The van der Waals surface area contributed by atoms with Crippen LogP contribution in [0.1, 0.15) is 78.1 Å². The summed E-state index contributed by atoms with van der Waals surface area (Å²) in [6.45, 7) is 5.08. The van der Waals surface area contributed by atoms with Gasteiger partial charge in [-0.15, -0.1) is 0 Å². The monoisotopic (exact) mass is 380 g/mol. The molecule has 0 bridgehead atoms. The van der Waals surface area contributed by atoms with E-state index >= 15 is 0 Å². The maximum Gasteiger partial charge on any atom is 0.303 e. The Hall–Kier alpha value is -1.59. The zero-order valence-electron chi connectivity index (χ0n) is 16.9. The van der Waals surface area contributed by atoms with Crippen LogP contribution in [0, 0.1) is 17.8 Å². The van der Waals surface area contributed by atoms with Gasteiger partial charge in [0.1, 0.15) is 0 Å². The third-order valence-corrected chi connectivity index (χ3v) is 6.07. The van der Waals surface area contributed by atoms with Crippen molar-refractivity contribution >= 4 is 17.8 Å². The molecule has 1 atom stereocenters. The number of hydrogen-bond acceptors (Lipinski definition) is 3. The molecule has 1 aliphatic heterocycles. The summed E-state index contributed by atoms with van der Waals surface area (Å²) < 4.78 is 0. The second kappa shape index (κ2) is 10.7. The first kappa shape index (κ1) is 21.7. The lowest BCUT2D eigenvalue weighted by molar-refractivity contribution is -0.138. The minimum atomic E-state index is -0.807. The lowest BCUT2D eigenvalue weighted by Crippen LogP contribution is -2.46. The minimum absolute atomic E-state index is 0.00808. The minimum Gasteiger partial charge on any atom is -0.481 e. The predicted molar refractivity (Wildman–Crippen MR) is 104 cm³/mol. The van der Waals surface area contributed by atoms with Gasteiger partial charge in [-0.3, -0.25) is 14.4 Å². The Morgan fingerprint density at radius 2 is 1.67 bits per heavy atom. The Kier molecular flexibility index (Phi) is 8.58. The molecule has 6 heteroatoms. The molecule has 0 radical (unpaired) electrons. The number of piperidine rings is 1. The summed E-state index contributed by atoms with van der Waals surface area (Å²) in [4.78, 5) is 37.7. The fourth-order valence-electron chi connectivity index (χ4n) is 4.42. The quantitative estimate of drug-likeness (QED) is 0.677. The average molecular weight is 381 g/mol. The van der Waals surface area contributed by atoms with Crippen molar-refractivity contribution in [3.8, 4) is 0 Å². The van der Waals surface area contributed by atoms with Crippen LogP contribution in [0.25, 0.3) is 0 Å². The largest absolute Gasteiger partial charge is 0.481 e. The topological polar surface area (TPSA) is 86.7 Å². The highest BCUT2D eigenvalue weighted by atomic mass is 16.4. The van der Waals surface area contributed by atoms with Crippen molar-refractivity contribution in [2.75, 3.05) is 13.1 Å². The molecule has 2 aliphatic rings. The number of carboxylic acids is 1. The van der Waals surface area contributed by atoms with Crippen molar-refractivity contribution in [1.82, 2.24) is 10.2 Å². The fraction of sp³-hybridized carbons (Fsp3) is 0.857. The highest BCUT2D eigenvalue weighted by molar-refractivity contribution is 5.81. The van der Waals surface area contributed by atoms with Crippen LogP contribution < -0.4 is 5.32 Å². The molecule has 2 amide bonds. The molecular formula is C21H36N2O4. The number of rotatable bonds is 8. The summed E-state index contributed by atoms with van der Waals surface area (Å²) in [6.07, 6.45) is 9.03. The Morgan fingerprint density at radius 3 is 2.22 bits per heavy atom. The van der Waals surface area contributed by atoms with Gasteiger partial charge in [0.25, 0.3) is 0 Å². The SMILES string of the molecule is CC(C)C(=O)N1CCC(C(=O)NC(CCC(=O)O)CC2CCCCC2)CC1. The van der Waals surface area contributed by atoms with E-state index in [2.05, 4.69) is 5.32 Å². The van der Waals surface area contributed by atoms with Crippen LogP contribution in [0.2, 0.25) is 0 Å². The molecule has 2 fully saturated rings. The molecule has 0 aromatic heterocycles. The van der Waals surface area contributed by atoms with E-state index in [1.54, 1.807) is 0 Å². The van der Waals surface area contributed by atoms with Crippen molar-refractivity contribution in [3.63, 3.8) is 0 Å². The molecule has 1 unspecified atom stereocenters. The van der Waals surface area contributed by atoms with Gasteiger partial charge in [0.2, 0.25) is 11.8 Å². The number of amides is 2. The van der Waals surface area contributed by atoms with Crippen LogP contribution in [0.3, 0.4) is 0 Å². The summed E-state index contributed by atoms with van der Waals surface area (Å²) >= 11 is 0.